The van der Waals surface area contributed by atoms with Crippen LogP contribution in [-0.4, -0.2) is 24.7 Å². The molecule has 0 aromatic carbocycles. The van der Waals surface area contributed by atoms with E-state index in [9.17, 15) is 52.7 Å². The van der Waals surface area contributed by atoms with Crippen molar-refractivity contribution in [1.82, 2.24) is 0 Å². The minimum Gasteiger partial charge on any atom is -0.166 e. The predicted molar refractivity (Wildman–Crippen MR) is 68.5 cm³/mol. The molecule has 0 heterocycles. The maximum absolute atomic E-state index is 13.6. The monoisotopic (exact) mass is 428 g/mol. The molecule has 4 aliphatic rings. The van der Waals surface area contributed by atoms with Crippen LogP contribution in [0.1, 0.15) is 12.8 Å². The Morgan fingerprint density at radius 1 is 0.679 bits per heavy atom. The summed E-state index contributed by atoms with van der Waals surface area (Å²) < 4.78 is 161. The topological polar surface area (TPSA) is 0 Å². The zero-order chi connectivity index (χ0) is 21.2. The number of allylic oxidation sites excluding steroid dienone is 6. The summed E-state index contributed by atoms with van der Waals surface area (Å²) in [6, 6.07) is 0. The Labute approximate surface area is 148 Å². The van der Waals surface area contributed by atoms with E-state index in [4.69, 9.17) is 0 Å². The van der Waals surface area contributed by atoms with Crippen molar-refractivity contribution in [3.8, 4) is 0 Å². The van der Waals surface area contributed by atoms with E-state index in [2.05, 4.69) is 0 Å². The van der Waals surface area contributed by atoms with Gasteiger partial charge in [0.15, 0.2) is 0 Å². The first kappa shape index (κ1) is 19.7. The standard InChI is InChI=1S/C16H8F12/c17-13(18,19)8-4-1-6-5-2-7(12(6,3-4)11(8)16(26,27)28)10(15(23,24)25)9(5)14(20,21)22/h1,4-5,7H,2-3H2/t4?,5-,7-,12?/m0/s1. The first-order chi connectivity index (χ1) is 12.4. The van der Waals surface area contributed by atoms with E-state index >= 15 is 0 Å². The molecule has 0 aromatic rings. The average molecular weight is 428 g/mol. The van der Waals surface area contributed by atoms with Gasteiger partial charge in [-0.3, -0.25) is 0 Å². The van der Waals surface area contributed by atoms with Gasteiger partial charge in [0.1, 0.15) is 0 Å². The van der Waals surface area contributed by atoms with Gasteiger partial charge in [-0.1, -0.05) is 11.6 Å². The Hall–Kier alpha value is -1.62. The fraction of sp³-hybridized carbons (Fsp3) is 0.625. The molecule has 12 heteroatoms. The van der Waals surface area contributed by atoms with E-state index in [1.165, 1.54) is 0 Å². The van der Waals surface area contributed by atoms with Crippen molar-refractivity contribution < 1.29 is 52.7 Å². The second-order valence-corrected chi connectivity index (χ2v) is 7.35. The van der Waals surface area contributed by atoms with Crippen molar-refractivity contribution in [2.75, 3.05) is 0 Å². The molecule has 1 spiro atoms. The Bertz CT molecular complexity index is 829. The first-order valence-electron chi connectivity index (χ1n) is 7.91. The molecular formula is C16H8F12. The van der Waals surface area contributed by atoms with Crippen molar-refractivity contribution in [2.45, 2.75) is 37.5 Å². The van der Waals surface area contributed by atoms with Crippen molar-refractivity contribution in [1.29, 1.82) is 0 Å². The van der Waals surface area contributed by atoms with E-state index in [1.807, 2.05) is 0 Å². The van der Waals surface area contributed by atoms with Gasteiger partial charge in [0.05, 0.1) is 5.57 Å². The lowest BCUT2D eigenvalue weighted by Gasteiger charge is -2.41. The quantitative estimate of drug-likeness (QED) is 0.308. The average Bonchev–Trinajstić information content (AvgIpc) is 3.15. The number of hydrogen-bond acceptors (Lipinski definition) is 0. The maximum atomic E-state index is 13.6. The summed E-state index contributed by atoms with van der Waals surface area (Å²) in [5.74, 6) is -6.26. The molecule has 0 nitrogen and oxygen atoms in total. The Balaban J connectivity index is 2.01. The van der Waals surface area contributed by atoms with Gasteiger partial charge in [-0.15, -0.1) is 0 Å². The molecule has 4 bridgehead atoms. The largest absolute Gasteiger partial charge is 0.413 e. The molecule has 1 saturated carbocycles. The number of rotatable bonds is 0. The molecular weight excluding hydrogens is 420 g/mol. The van der Waals surface area contributed by atoms with Gasteiger partial charge >= 0.3 is 24.7 Å². The summed E-state index contributed by atoms with van der Waals surface area (Å²) in [5.41, 5.74) is -11.7. The molecule has 0 amide bonds. The minimum atomic E-state index is -5.63. The third-order valence-corrected chi connectivity index (χ3v) is 6.15. The van der Waals surface area contributed by atoms with E-state index < -0.39 is 88.6 Å². The van der Waals surface area contributed by atoms with Crippen LogP contribution in [0.25, 0.3) is 0 Å². The van der Waals surface area contributed by atoms with Crippen LogP contribution in [0.2, 0.25) is 0 Å². The molecule has 1 fully saturated rings. The lowest BCUT2D eigenvalue weighted by Crippen LogP contribution is -2.42. The van der Waals surface area contributed by atoms with Crippen molar-refractivity contribution in [3.63, 3.8) is 0 Å². The van der Waals surface area contributed by atoms with Gasteiger partial charge in [0, 0.05) is 39.9 Å². The van der Waals surface area contributed by atoms with Gasteiger partial charge in [-0.2, -0.15) is 52.7 Å². The SMILES string of the molecule is FC(F)(F)C1=C(C(F)(F)F)C23CC1C=C2[C@@H]1C[C@H]3C(C(F)(F)F)=C1C(F)(F)F. The van der Waals surface area contributed by atoms with Gasteiger partial charge < -0.3 is 0 Å². The van der Waals surface area contributed by atoms with E-state index in [0.717, 1.165) is 0 Å². The number of alkyl halides is 12. The first-order valence-corrected chi connectivity index (χ1v) is 7.91. The number of fused-ring (bicyclic) bond motifs is 4. The van der Waals surface area contributed by atoms with Gasteiger partial charge in [-0.05, 0) is 12.8 Å². The third-order valence-electron chi connectivity index (χ3n) is 6.15. The summed E-state index contributed by atoms with van der Waals surface area (Å²) >= 11 is 0. The van der Waals surface area contributed by atoms with Crippen LogP contribution in [0.15, 0.2) is 33.9 Å². The molecule has 0 radical (unpaired) electrons. The van der Waals surface area contributed by atoms with E-state index in [0.29, 0.717) is 6.08 Å². The van der Waals surface area contributed by atoms with Crippen LogP contribution in [0.4, 0.5) is 52.7 Å². The zero-order valence-electron chi connectivity index (χ0n) is 13.3. The Morgan fingerprint density at radius 2 is 1.18 bits per heavy atom. The highest BCUT2D eigenvalue weighted by molar-refractivity contribution is 5.62. The van der Waals surface area contributed by atoms with Crippen molar-refractivity contribution >= 4 is 0 Å². The van der Waals surface area contributed by atoms with Crippen LogP contribution in [0.5, 0.6) is 0 Å². The fourth-order valence-electron chi connectivity index (χ4n) is 5.73. The molecule has 4 atom stereocenters. The van der Waals surface area contributed by atoms with E-state index in [1.54, 1.807) is 0 Å². The second-order valence-electron chi connectivity index (χ2n) is 7.35. The fourth-order valence-corrected chi connectivity index (χ4v) is 5.73. The van der Waals surface area contributed by atoms with Crippen LogP contribution in [-0.2, 0) is 0 Å². The Kier molecular flexibility index (Phi) is 3.46. The highest BCUT2D eigenvalue weighted by Gasteiger charge is 2.76. The van der Waals surface area contributed by atoms with Crippen LogP contribution in [0, 0.1) is 23.2 Å². The van der Waals surface area contributed by atoms with Crippen LogP contribution in [0.3, 0.4) is 0 Å². The third kappa shape index (κ3) is 2.23. The van der Waals surface area contributed by atoms with Gasteiger partial charge in [0.2, 0.25) is 0 Å². The summed E-state index contributed by atoms with van der Waals surface area (Å²) in [7, 11) is 0. The zero-order valence-corrected chi connectivity index (χ0v) is 13.3. The summed E-state index contributed by atoms with van der Waals surface area (Å²) in [6.45, 7) is 0. The Morgan fingerprint density at radius 3 is 1.61 bits per heavy atom. The summed E-state index contributed by atoms with van der Waals surface area (Å²) in [4.78, 5) is 0. The molecule has 0 aliphatic heterocycles. The molecule has 0 aromatic heterocycles. The molecule has 4 rings (SSSR count). The van der Waals surface area contributed by atoms with Crippen LogP contribution >= 0.6 is 0 Å². The minimum absolute atomic E-state index is 0.608. The number of halogens is 12. The number of hydrogen-bond donors (Lipinski definition) is 0. The molecule has 4 aliphatic carbocycles. The summed E-state index contributed by atoms with van der Waals surface area (Å²) in [5, 5.41) is 0. The highest BCUT2D eigenvalue weighted by Crippen LogP contribution is 2.78. The normalized spacial score (nSPS) is 35.3. The molecule has 0 saturated heterocycles. The van der Waals surface area contributed by atoms with Gasteiger partial charge in [-0.25, -0.2) is 0 Å². The predicted octanol–water partition coefficient (Wildman–Crippen LogP) is 6.42. The lowest BCUT2D eigenvalue weighted by atomic mass is 9.64. The van der Waals surface area contributed by atoms with Crippen LogP contribution < -0.4 is 0 Å². The molecule has 0 N–H and O–H groups in total. The summed E-state index contributed by atoms with van der Waals surface area (Å²) in [6.07, 6.45) is -23.4. The van der Waals surface area contributed by atoms with Crippen molar-refractivity contribution in [2.24, 2.45) is 23.2 Å². The lowest BCUT2D eigenvalue weighted by molar-refractivity contribution is -0.133. The smallest absolute Gasteiger partial charge is 0.166 e. The van der Waals surface area contributed by atoms with E-state index in [-0.39, 0.29) is 0 Å². The van der Waals surface area contributed by atoms with Gasteiger partial charge in [0.25, 0.3) is 0 Å². The maximum Gasteiger partial charge on any atom is 0.413 e. The highest BCUT2D eigenvalue weighted by atomic mass is 19.4. The molecule has 156 valence electrons. The second kappa shape index (κ2) is 4.92. The van der Waals surface area contributed by atoms with Crippen molar-refractivity contribution in [3.05, 3.63) is 33.9 Å². The molecule has 2 unspecified atom stereocenters. The molecule has 28 heavy (non-hydrogen) atoms.